The molecule has 1 heterocycles. The van der Waals surface area contributed by atoms with Gasteiger partial charge < -0.3 is 16.8 Å². The molecule has 1 aliphatic carbocycles. The summed E-state index contributed by atoms with van der Waals surface area (Å²) < 4.78 is 1.38. The third-order valence-electron chi connectivity index (χ3n) is 3.39. The van der Waals surface area contributed by atoms with Crippen LogP contribution < -0.4 is 16.8 Å². The molecule has 2 amide bonds. The zero-order chi connectivity index (χ0) is 13.2. The van der Waals surface area contributed by atoms with Gasteiger partial charge in [0, 0.05) is 12.7 Å². The summed E-state index contributed by atoms with van der Waals surface area (Å²) in [6, 6.07) is 0. The minimum Gasteiger partial charge on any atom is -0.368 e. The van der Waals surface area contributed by atoms with Crippen LogP contribution in [0, 0.1) is 5.41 Å². The number of aromatic nitrogens is 2. The Morgan fingerprint density at radius 1 is 1.50 bits per heavy atom. The SMILES string of the molecule is NCC1(C(=O)Nc2cnn(CC(N)=O)c2)CCC1. The van der Waals surface area contributed by atoms with Gasteiger partial charge in [-0.2, -0.15) is 5.10 Å². The summed E-state index contributed by atoms with van der Waals surface area (Å²) in [5.74, 6) is -0.553. The van der Waals surface area contributed by atoms with Crippen LogP contribution >= 0.6 is 0 Å². The van der Waals surface area contributed by atoms with Crippen molar-refractivity contribution in [2.75, 3.05) is 11.9 Å². The Balaban J connectivity index is 1.99. The molecule has 1 fully saturated rings. The first kappa shape index (κ1) is 12.6. The second kappa shape index (κ2) is 4.77. The van der Waals surface area contributed by atoms with Crippen molar-refractivity contribution in [3.05, 3.63) is 12.4 Å². The van der Waals surface area contributed by atoms with E-state index >= 15 is 0 Å². The molecule has 0 atom stereocenters. The lowest BCUT2D eigenvalue weighted by Crippen LogP contribution is -2.47. The number of nitrogens with zero attached hydrogens (tertiary/aromatic N) is 2. The van der Waals surface area contributed by atoms with Gasteiger partial charge in [-0.15, -0.1) is 0 Å². The van der Waals surface area contributed by atoms with Crippen molar-refractivity contribution in [3.8, 4) is 0 Å². The first-order valence-electron chi connectivity index (χ1n) is 5.88. The summed E-state index contributed by atoms with van der Waals surface area (Å²) in [7, 11) is 0. The smallest absolute Gasteiger partial charge is 0.239 e. The number of carbonyl (C=O) groups is 2. The molecule has 0 aromatic carbocycles. The summed E-state index contributed by atoms with van der Waals surface area (Å²) in [5.41, 5.74) is 10.8. The molecule has 1 aliphatic rings. The van der Waals surface area contributed by atoms with Gasteiger partial charge in [-0.1, -0.05) is 6.42 Å². The van der Waals surface area contributed by atoms with Crippen molar-refractivity contribution in [3.63, 3.8) is 0 Å². The number of anilines is 1. The number of hydrogen-bond acceptors (Lipinski definition) is 4. The van der Waals surface area contributed by atoms with Crippen LogP contribution in [0.5, 0.6) is 0 Å². The number of rotatable bonds is 5. The highest BCUT2D eigenvalue weighted by Gasteiger charge is 2.42. The van der Waals surface area contributed by atoms with Crippen molar-refractivity contribution in [1.29, 1.82) is 0 Å². The summed E-state index contributed by atoms with van der Waals surface area (Å²) in [6.45, 7) is 0.353. The van der Waals surface area contributed by atoms with E-state index in [0.717, 1.165) is 19.3 Å². The maximum absolute atomic E-state index is 12.1. The van der Waals surface area contributed by atoms with Crippen molar-refractivity contribution in [2.45, 2.75) is 25.8 Å². The molecule has 1 saturated carbocycles. The predicted octanol–water partition coefficient (Wildman–Crippen LogP) is -0.564. The molecule has 0 bridgehead atoms. The van der Waals surface area contributed by atoms with Crippen molar-refractivity contribution in [1.82, 2.24) is 9.78 Å². The molecule has 0 aliphatic heterocycles. The predicted molar refractivity (Wildman–Crippen MR) is 65.4 cm³/mol. The fourth-order valence-electron chi connectivity index (χ4n) is 2.07. The number of carbonyl (C=O) groups excluding carboxylic acids is 2. The second-order valence-corrected chi connectivity index (χ2v) is 4.69. The Labute approximate surface area is 105 Å². The number of nitrogens with one attached hydrogen (secondary N) is 1. The highest BCUT2D eigenvalue weighted by molar-refractivity contribution is 5.95. The molecule has 1 aromatic rings. The van der Waals surface area contributed by atoms with E-state index in [4.69, 9.17) is 11.5 Å². The standard InChI is InChI=1S/C11H17N5O2/c12-7-11(2-1-3-11)10(18)15-8-4-14-16(5-8)6-9(13)17/h4-5H,1-3,6-7,12H2,(H2,13,17)(H,15,18). The Morgan fingerprint density at radius 3 is 2.72 bits per heavy atom. The van der Waals surface area contributed by atoms with Gasteiger partial charge in [0.2, 0.25) is 11.8 Å². The molecule has 5 N–H and O–H groups in total. The second-order valence-electron chi connectivity index (χ2n) is 4.69. The van der Waals surface area contributed by atoms with E-state index in [1.54, 1.807) is 6.20 Å². The van der Waals surface area contributed by atoms with Crippen LogP contribution in [0.15, 0.2) is 12.4 Å². The first-order chi connectivity index (χ1) is 8.55. The molecule has 2 rings (SSSR count). The van der Waals surface area contributed by atoms with E-state index in [9.17, 15) is 9.59 Å². The summed E-state index contributed by atoms with van der Waals surface area (Å²) in [4.78, 5) is 22.8. The number of nitrogens with two attached hydrogens (primary N) is 2. The monoisotopic (exact) mass is 251 g/mol. The van der Waals surface area contributed by atoms with Crippen LogP contribution in [0.25, 0.3) is 0 Å². The summed E-state index contributed by atoms with van der Waals surface area (Å²) in [5, 5.41) is 6.71. The van der Waals surface area contributed by atoms with Crippen LogP contribution in [0.2, 0.25) is 0 Å². The van der Waals surface area contributed by atoms with Gasteiger partial charge in [-0.3, -0.25) is 14.3 Å². The zero-order valence-corrected chi connectivity index (χ0v) is 10.1. The lowest BCUT2D eigenvalue weighted by atomic mass is 9.68. The van der Waals surface area contributed by atoms with E-state index < -0.39 is 11.3 Å². The summed E-state index contributed by atoms with van der Waals surface area (Å²) >= 11 is 0. The fraction of sp³-hybridized carbons (Fsp3) is 0.545. The van der Waals surface area contributed by atoms with Gasteiger partial charge in [-0.05, 0) is 12.8 Å². The normalized spacial score (nSPS) is 16.9. The van der Waals surface area contributed by atoms with Crippen LogP contribution in [0.4, 0.5) is 5.69 Å². The summed E-state index contributed by atoms with van der Waals surface area (Å²) in [6.07, 6.45) is 5.75. The van der Waals surface area contributed by atoms with Gasteiger partial charge in [0.25, 0.3) is 0 Å². The lowest BCUT2D eigenvalue weighted by Gasteiger charge is -2.38. The van der Waals surface area contributed by atoms with Gasteiger partial charge in [0.05, 0.1) is 17.3 Å². The zero-order valence-electron chi connectivity index (χ0n) is 10.1. The highest BCUT2D eigenvalue weighted by Crippen LogP contribution is 2.40. The van der Waals surface area contributed by atoms with Gasteiger partial charge >= 0.3 is 0 Å². The Bertz CT molecular complexity index is 458. The third-order valence-corrected chi connectivity index (χ3v) is 3.39. The molecule has 0 unspecified atom stereocenters. The maximum Gasteiger partial charge on any atom is 0.239 e. The van der Waals surface area contributed by atoms with Gasteiger partial charge in [0.1, 0.15) is 6.54 Å². The molecule has 1 aromatic heterocycles. The van der Waals surface area contributed by atoms with Crippen LogP contribution in [0.1, 0.15) is 19.3 Å². The molecule has 0 radical (unpaired) electrons. The lowest BCUT2D eigenvalue weighted by molar-refractivity contribution is -0.129. The third kappa shape index (κ3) is 2.35. The quantitative estimate of drug-likeness (QED) is 0.650. The topological polar surface area (TPSA) is 116 Å². The minimum atomic E-state index is -0.478. The largest absolute Gasteiger partial charge is 0.368 e. The van der Waals surface area contributed by atoms with Crippen LogP contribution in [-0.4, -0.2) is 28.1 Å². The molecule has 0 saturated heterocycles. The minimum absolute atomic E-state index is 0.00208. The van der Waals surface area contributed by atoms with E-state index in [1.165, 1.54) is 10.9 Å². The Morgan fingerprint density at radius 2 is 2.22 bits per heavy atom. The molecular formula is C11H17N5O2. The Hall–Kier alpha value is -1.89. The van der Waals surface area contributed by atoms with Gasteiger partial charge in [0.15, 0.2) is 0 Å². The van der Waals surface area contributed by atoms with E-state index in [1.807, 2.05) is 0 Å². The van der Waals surface area contributed by atoms with Crippen molar-refractivity contribution < 1.29 is 9.59 Å². The number of primary amides is 1. The van der Waals surface area contributed by atoms with Crippen LogP contribution in [-0.2, 0) is 16.1 Å². The Kier molecular flexibility index (Phi) is 3.33. The molecule has 0 spiro atoms. The fourth-order valence-corrected chi connectivity index (χ4v) is 2.07. The van der Waals surface area contributed by atoms with Crippen LogP contribution in [0.3, 0.4) is 0 Å². The molecule has 7 heteroatoms. The number of hydrogen-bond donors (Lipinski definition) is 3. The van der Waals surface area contributed by atoms with E-state index in [-0.39, 0.29) is 12.5 Å². The highest BCUT2D eigenvalue weighted by atomic mass is 16.2. The average Bonchev–Trinajstić information content (AvgIpc) is 2.63. The molecule has 7 nitrogen and oxygen atoms in total. The van der Waals surface area contributed by atoms with E-state index in [0.29, 0.717) is 12.2 Å². The molecular weight excluding hydrogens is 234 g/mol. The number of amides is 2. The van der Waals surface area contributed by atoms with Gasteiger partial charge in [-0.25, -0.2) is 0 Å². The average molecular weight is 251 g/mol. The molecule has 18 heavy (non-hydrogen) atoms. The molecule has 98 valence electrons. The maximum atomic E-state index is 12.1. The first-order valence-corrected chi connectivity index (χ1v) is 5.88. The van der Waals surface area contributed by atoms with Crippen molar-refractivity contribution >= 4 is 17.5 Å². The van der Waals surface area contributed by atoms with E-state index in [2.05, 4.69) is 10.4 Å². The van der Waals surface area contributed by atoms with Crippen molar-refractivity contribution in [2.24, 2.45) is 16.9 Å².